The van der Waals surface area contributed by atoms with Crippen LogP contribution in [-0.2, 0) is 39.3 Å². The van der Waals surface area contributed by atoms with Crippen LogP contribution in [0, 0.1) is 22.2 Å². The van der Waals surface area contributed by atoms with Crippen LogP contribution in [-0.4, -0.2) is 66.1 Å². The van der Waals surface area contributed by atoms with Crippen molar-refractivity contribution in [3.63, 3.8) is 0 Å². The van der Waals surface area contributed by atoms with Crippen LogP contribution in [0.1, 0.15) is 110 Å². The number of nitrogens with one attached hydrogen (secondary N) is 5. The first-order chi connectivity index (χ1) is 28.3. The zero-order valence-electron chi connectivity index (χ0n) is 38.2. The minimum absolute atomic E-state index is 0.142. The molecule has 0 unspecified atom stereocenters. The number of pyridine rings is 4. The summed E-state index contributed by atoms with van der Waals surface area (Å²) in [4.78, 5) is 24.7. The SMILES string of the molecule is C[C+](C)CNc1cccc(CN(Cc2cccc(NCC(C)(C)C)n2)Cc2cc(CN(Cc3cccc(NCC(C)(C)C)n3)Cc3cccc(NCC(C)(C)C)n3)n[nH]2)n1. The quantitative estimate of drug-likeness (QED) is 0.0453. The van der Waals surface area contributed by atoms with Crippen molar-refractivity contribution in [1.82, 2.24) is 39.9 Å². The first-order valence-corrected chi connectivity index (χ1v) is 21.4. The van der Waals surface area contributed by atoms with E-state index < -0.39 is 0 Å². The summed E-state index contributed by atoms with van der Waals surface area (Å²) in [5.74, 6) is 4.83. The topological polar surface area (TPSA) is 135 Å². The van der Waals surface area contributed by atoms with Gasteiger partial charge in [0.1, 0.15) is 29.2 Å². The third-order valence-corrected chi connectivity index (χ3v) is 9.26. The van der Waals surface area contributed by atoms with Crippen molar-refractivity contribution < 1.29 is 0 Å². The van der Waals surface area contributed by atoms with Crippen molar-refractivity contribution in [2.45, 2.75) is 115 Å². The third kappa shape index (κ3) is 17.2. The summed E-state index contributed by atoms with van der Waals surface area (Å²) in [5.41, 5.74) is 6.35. The molecule has 0 bridgehead atoms. The fourth-order valence-corrected chi connectivity index (χ4v) is 6.29. The Morgan fingerprint density at radius 3 is 1.15 bits per heavy atom. The fourth-order valence-electron chi connectivity index (χ4n) is 6.29. The van der Waals surface area contributed by atoms with Gasteiger partial charge in [-0.05, 0) is 70.8 Å². The summed E-state index contributed by atoms with van der Waals surface area (Å²) < 4.78 is 0. The molecule has 0 aliphatic carbocycles. The van der Waals surface area contributed by atoms with E-state index in [-0.39, 0.29) is 16.2 Å². The van der Waals surface area contributed by atoms with E-state index in [9.17, 15) is 0 Å². The van der Waals surface area contributed by atoms with E-state index >= 15 is 0 Å². The van der Waals surface area contributed by atoms with Gasteiger partial charge in [-0.25, -0.2) is 19.9 Å². The summed E-state index contributed by atoms with van der Waals surface area (Å²) in [5, 5.41) is 22.3. The van der Waals surface area contributed by atoms with Gasteiger partial charge in [0, 0.05) is 64.6 Å². The maximum atomic E-state index is 5.01. The van der Waals surface area contributed by atoms with Gasteiger partial charge in [0.2, 0.25) is 0 Å². The summed E-state index contributed by atoms with van der Waals surface area (Å²) >= 11 is 0. The lowest BCUT2D eigenvalue weighted by Gasteiger charge is -2.23. The Kier molecular flexibility index (Phi) is 15.9. The van der Waals surface area contributed by atoms with E-state index in [1.807, 2.05) is 24.3 Å². The molecule has 322 valence electrons. The highest BCUT2D eigenvalue weighted by Crippen LogP contribution is 2.21. The Morgan fingerprint density at radius 1 is 0.467 bits per heavy atom. The zero-order chi connectivity index (χ0) is 43.3. The molecule has 0 amide bonds. The number of aromatic amines is 1. The molecule has 5 aromatic heterocycles. The Balaban J connectivity index is 1.37. The molecule has 12 nitrogen and oxygen atoms in total. The van der Waals surface area contributed by atoms with E-state index in [1.54, 1.807) is 0 Å². The largest absolute Gasteiger partial charge is 0.370 e. The molecule has 0 aliphatic rings. The van der Waals surface area contributed by atoms with Crippen LogP contribution in [0.25, 0.3) is 0 Å². The monoisotopic (exact) mass is 816 g/mol. The highest BCUT2D eigenvalue weighted by molar-refractivity contribution is 5.38. The van der Waals surface area contributed by atoms with E-state index in [0.717, 1.165) is 83.6 Å². The summed E-state index contributed by atoms with van der Waals surface area (Å²) in [6.45, 7) is 31.4. The molecule has 0 atom stereocenters. The van der Waals surface area contributed by atoms with Crippen LogP contribution >= 0.6 is 0 Å². The molecule has 0 saturated heterocycles. The number of nitrogens with zero attached hydrogens (tertiary/aromatic N) is 7. The lowest BCUT2D eigenvalue weighted by Crippen LogP contribution is -2.25. The van der Waals surface area contributed by atoms with Gasteiger partial charge in [-0.2, -0.15) is 5.10 Å². The van der Waals surface area contributed by atoms with Crippen molar-refractivity contribution in [3.05, 3.63) is 119 Å². The second-order valence-electron chi connectivity index (χ2n) is 20.0. The molecule has 0 radical (unpaired) electrons. The molecule has 5 rings (SSSR count). The van der Waals surface area contributed by atoms with E-state index in [0.29, 0.717) is 39.3 Å². The highest BCUT2D eigenvalue weighted by atomic mass is 15.2. The lowest BCUT2D eigenvalue weighted by atomic mass is 9.97. The normalized spacial score (nSPS) is 12.2. The summed E-state index contributed by atoms with van der Waals surface area (Å²) in [6.07, 6.45) is 0. The van der Waals surface area contributed by atoms with Gasteiger partial charge in [-0.15, -0.1) is 0 Å². The minimum Gasteiger partial charge on any atom is -0.370 e. The number of aromatic nitrogens is 6. The van der Waals surface area contributed by atoms with Crippen LogP contribution < -0.4 is 21.3 Å². The first kappa shape index (κ1) is 45.9. The van der Waals surface area contributed by atoms with Crippen LogP contribution in [0.15, 0.2) is 78.9 Å². The van der Waals surface area contributed by atoms with Crippen molar-refractivity contribution in [1.29, 1.82) is 0 Å². The molecule has 60 heavy (non-hydrogen) atoms. The zero-order valence-corrected chi connectivity index (χ0v) is 38.2. The van der Waals surface area contributed by atoms with E-state index in [2.05, 4.69) is 167 Å². The van der Waals surface area contributed by atoms with Crippen LogP contribution in [0.2, 0.25) is 0 Å². The molecule has 0 aromatic carbocycles. The molecule has 0 spiro atoms. The maximum absolute atomic E-state index is 5.01. The molecular weight excluding hydrogens is 745 g/mol. The van der Waals surface area contributed by atoms with Crippen molar-refractivity contribution >= 4 is 23.3 Å². The molecule has 5 N–H and O–H groups in total. The number of anilines is 4. The molecule has 0 aliphatic heterocycles. The van der Waals surface area contributed by atoms with Gasteiger partial charge in [0.15, 0.2) is 6.54 Å². The predicted octanol–water partition coefficient (Wildman–Crippen LogP) is 9.79. The second-order valence-corrected chi connectivity index (χ2v) is 20.0. The molecular formula is C48H71N12+. The Labute approximate surface area is 360 Å². The standard InChI is InChI=1S/C48H71N12/c1-35(2)25-49-42-20-12-16-36(53-42)26-59(27-37-17-13-21-43(54-37)50-32-46(3,4)5)30-40-24-41(58-57-40)31-60(28-38-18-14-22-44(55-38)51-33-47(6,7)8)29-39-19-15-23-45(56-39)52-34-48(9,10)11/h12-24H,25-34H2,1-11H3,(H,49,53)(H,50,54)(H,51,55)(H,52,56)(H,57,58)/q+1. The van der Waals surface area contributed by atoms with Gasteiger partial charge >= 0.3 is 0 Å². The number of H-pyrrole nitrogens is 1. The number of rotatable bonds is 21. The van der Waals surface area contributed by atoms with Crippen LogP contribution in [0.3, 0.4) is 0 Å². The second kappa shape index (κ2) is 20.9. The molecule has 5 aromatic rings. The highest BCUT2D eigenvalue weighted by Gasteiger charge is 2.18. The number of hydrogen-bond acceptors (Lipinski definition) is 11. The predicted molar refractivity (Wildman–Crippen MR) is 248 cm³/mol. The fraction of sp³-hybridized carbons (Fsp3) is 0.500. The average Bonchev–Trinajstić information content (AvgIpc) is 3.60. The van der Waals surface area contributed by atoms with Gasteiger partial charge < -0.3 is 21.3 Å². The maximum Gasteiger partial charge on any atom is 0.160 e. The Morgan fingerprint density at radius 2 is 0.800 bits per heavy atom. The Bertz CT molecular complexity index is 1990. The van der Waals surface area contributed by atoms with Gasteiger partial charge in [-0.1, -0.05) is 86.6 Å². The smallest absolute Gasteiger partial charge is 0.160 e. The molecule has 0 saturated carbocycles. The van der Waals surface area contributed by atoms with Crippen molar-refractivity contribution in [3.8, 4) is 0 Å². The van der Waals surface area contributed by atoms with E-state index in [4.69, 9.17) is 25.0 Å². The van der Waals surface area contributed by atoms with Gasteiger partial charge in [-0.3, -0.25) is 14.9 Å². The van der Waals surface area contributed by atoms with Crippen molar-refractivity contribution in [2.24, 2.45) is 16.2 Å². The van der Waals surface area contributed by atoms with Gasteiger partial charge in [0.25, 0.3) is 0 Å². The summed E-state index contributed by atoms with van der Waals surface area (Å²) in [6, 6.07) is 27.0. The molecule has 5 heterocycles. The Hall–Kier alpha value is -5.20. The average molecular weight is 816 g/mol. The molecule has 12 heteroatoms. The van der Waals surface area contributed by atoms with Crippen LogP contribution in [0.5, 0.6) is 0 Å². The van der Waals surface area contributed by atoms with Gasteiger partial charge in [0.05, 0.1) is 42.3 Å². The number of hydrogen-bond donors (Lipinski definition) is 5. The summed E-state index contributed by atoms with van der Waals surface area (Å²) in [7, 11) is 0. The van der Waals surface area contributed by atoms with E-state index in [1.165, 1.54) is 5.92 Å². The lowest BCUT2D eigenvalue weighted by molar-refractivity contribution is 0.238. The van der Waals surface area contributed by atoms with Crippen LogP contribution in [0.4, 0.5) is 23.3 Å². The molecule has 0 fully saturated rings. The third-order valence-electron chi connectivity index (χ3n) is 9.26. The first-order valence-electron chi connectivity index (χ1n) is 21.4. The minimum atomic E-state index is 0.142. The van der Waals surface area contributed by atoms with Crippen molar-refractivity contribution in [2.75, 3.05) is 47.4 Å².